The number of rotatable bonds is 4. The second kappa shape index (κ2) is 5.27. The normalized spacial score (nSPS) is 12.2. The lowest BCUT2D eigenvalue weighted by Crippen LogP contribution is -2.14. The van der Waals surface area contributed by atoms with Crippen LogP contribution in [-0.2, 0) is 0 Å². The molecule has 0 radical (unpaired) electrons. The molecule has 0 spiro atoms. The molecule has 6 heteroatoms. The van der Waals surface area contributed by atoms with Crippen LogP contribution in [0.3, 0.4) is 0 Å². The van der Waals surface area contributed by atoms with Crippen molar-refractivity contribution in [1.29, 1.82) is 0 Å². The summed E-state index contributed by atoms with van der Waals surface area (Å²) in [4.78, 5) is 10.3. The fraction of sp³-hybridized carbons (Fsp3) is 0.400. The molecule has 0 fully saturated rings. The highest BCUT2D eigenvalue weighted by molar-refractivity contribution is 9.10. The Morgan fingerprint density at radius 2 is 2.25 bits per heavy atom. The summed E-state index contributed by atoms with van der Waals surface area (Å²) in [6.45, 7) is 3.30. The zero-order valence-corrected chi connectivity index (χ0v) is 10.5. The van der Waals surface area contributed by atoms with Crippen LogP contribution in [0.2, 0.25) is 0 Å². The molecule has 5 nitrogen and oxygen atoms in total. The molecule has 0 aliphatic carbocycles. The molecular formula is C10H12BrNO4. The number of ether oxygens (including phenoxy) is 1. The highest BCUT2D eigenvalue weighted by Crippen LogP contribution is 2.34. The van der Waals surface area contributed by atoms with E-state index >= 15 is 0 Å². The van der Waals surface area contributed by atoms with E-state index in [4.69, 9.17) is 9.84 Å². The molecule has 0 aromatic heterocycles. The van der Waals surface area contributed by atoms with Gasteiger partial charge in [-0.3, -0.25) is 10.1 Å². The Bertz CT molecular complexity index is 406. The molecule has 1 N–H and O–H groups in total. The summed E-state index contributed by atoms with van der Waals surface area (Å²) in [5.74, 6) is 0.203. The average Bonchev–Trinajstić information content (AvgIpc) is 2.14. The van der Waals surface area contributed by atoms with Crippen molar-refractivity contribution < 1.29 is 14.8 Å². The number of hydrogen-bond acceptors (Lipinski definition) is 4. The van der Waals surface area contributed by atoms with Crippen LogP contribution >= 0.6 is 15.9 Å². The van der Waals surface area contributed by atoms with Crippen molar-refractivity contribution in [3.8, 4) is 5.75 Å². The maximum absolute atomic E-state index is 10.8. The summed E-state index contributed by atoms with van der Waals surface area (Å²) in [5.41, 5.74) is 0.550. The van der Waals surface area contributed by atoms with Crippen molar-refractivity contribution in [1.82, 2.24) is 0 Å². The summed E-state index contributed by atoms with van der Waals surface area (Å²) in [6, 6.07) is 3.11. The largest absolute Gasteiger partial charge is 0.484 e. The molecule has 0 saturated carbocycles. The van der Waals surface area contributed by atoms with Crippen LogP contribution in [0.4, 0.5) is 5.69 Å². The Kier molecular flexibility index (Phi) is 4.26. The molecule has 0 aliphatic heterocycles. The Hall–Kier alpha value is -1.14. The van der Waals surface area contributed by atoms with Gasteiger partial charge >= 0.3 is 5.69 Å². The molecule has 0 aliphatic rings. The van der Waals surface area contributed by atoms with Gasteiger partial charge in [-0.15, -0.1) is 0 Å². The van der Waals surface area contributed by atoms with E-state index in [9.17, 15) is 10.1 Å². The molecule has 1 aromatic carbocycles. The van der Waals surface area contributed by atoms with E-state index in [2.05, 4.69) is 15.9 Å². The Labute approximate surface area is 101 Å². The molecular weight excluding hydrogens is 278 g/mol. The molecule has 0 saturated heterocycles. The van der Waals surface area contributed by atoms with Gasteiger partial charge in [0.25, 0.3) is 0 Å². The van der Waals surface area contributed by atoms with Gasteiger partial charge in [0.05, 0.1) is 11.0 Å². The number of aliphatic hydroxyl groups excluding tert-OH is 1. The SMILES string of the molecule is Cc1cc(Br)cc([N+](=O)[O-])c1OCC(C)O. The number of nitro groups is 1. The average molecular weight is 290 g/mol. The van der Waals surface area contributed by atoms with Crippen molar-refractivity contribution in [2.45, 2.75) is 20.0 Å². The first-order valence-corrected chi connectivity index (χ1v) is 5.46. The number of hydrogen-bond donors (Lipinski definition) is 1. The Morgan fingerprint density at radius 1 is 1.62 bits per heavy atom. The molecule has 1 aromatic rings. The van der Waals surface area contributed by atoms with Crippen LogP contribution in [0, 0.1) is 17.0 Å². The van der Waals surface area contributed by atoms with Crippen LogP contribution in [0.5, 0.6) is 5.75 Å². The fourth-order valence-electron chi connectivity index (χ4n) is 1.24. The van der Waals surface area contributed by atoms with Gasteiger partial charge in [-0.25, -0.2) is 0 Å². The molecule has 0 heterocycles. The molecule has 16 heavy (non-hydrogen) atoms. The minimum atomic E-state index is -0.664. The van der Waals surface area contributed by atoms with Gasteiger partial charge in [0.2, 0.25) is 0 Å². The summed E-state index contributed by atoms with van der Waals surface area (Å²) in [5, 5.41) is 19.9. The van der Waals surface area contributed by atoms with E-state index in [1.165, 1.54) is 6.07 Å². The monoisotopic (exact) mass is 289 g/mol. The number of nitro benzene ring substituents is 1. The number of nitrogens with zero attached hydrogens (tertiary/aromatic N) is 1. The lowest BCUT2D eigenvalue weighted by molar-refractivity contribution is -0.386. The molecule has 0 bridgehead atoms. The van der Waals surface area contributed by atoms with Gasteiger partial charge in [-0.1, -0.05) is 15.9 Å². The summed E-state index contributed by atoms with van der Waals surface area (Å²) >= 11 is 3.19. The molecule has 1 atom stereocenters. The second-order valence-corrected chi connectivity index (χ2v) is 4.40. The number of halogens is 1. The first-order chi connectivity index (χ1) is 7.41. The Balaban J connectivity index is 3.09. The lowest BCUT2D eigenvalue weighted by Gasteiger charge is -2.11. The molecule has 1 rings (SSSR count). The predicted molar refractivity (Wildman–Crippen MR) is 62.7 cm³/mol. The summed E-state index contributed by atoms with van der Waals surface area (Å²) in [6.07, 6.45) is -0.664. The predicted octanol–water partition coefficient (Wildman–Crippen LogP) is 2.43. The van der Waals surface area contributed by atoms with E-state index in [0.29, 0.717) is 10.0 Å². The van der Waals surface area contributed by atoms with E-state index in [1.807, 2.05) is 0 Å². The van der Waals surface area contributed by atoms with E-state index < -0.39 is 11.0 Å². The zero-order valence-electron chi connectivity index (χ0n) is 8.94. The van der Waals surface area contributed by atoms with Gasteiger partial charge in [0.15, 0.2) is 5.75 Å². The minimum absolute atomic E-state index is 0.0311. The third-order valence-corrected chi connectivity index (χ3v) is 2.34. The molecule has 88 valence electrons. The third-order valence-electron chi connectivity index (χ3n) is 1.89. The quantitative estimate of drug-likeness (QED) is 0.682. The standard InChI is InChI=1S/C10H12BrNO4/c1-6-3-8(11)4-9(12(14)15)10(6)16-5-7(2)13/h3-4,7,13H,5H2,1-2H3. The lowest BCUT2D eigenvalue weighted by atomic mass is 10.2. The maximum atomic E-state index is 10.8. The molecule has 0 amide bonds. The fourth-order valence-corrected chi connectivity index (χ4v) is 1.80. The molecule has 1 unspecified atom stereocenters. The van der Waals surface area contributed by atoms with Crippen molar-refractivity contribution >= 4 is 21.6 Å². The van der Waals surface area contributed by atoms with Crippen LogP contribution in [0.1, 0.15) is 12.5 Å². The van der Waals surface area contributed by atoms with Gasteiger partial charge < -0.3 is 9.84 Å². The Morgan fingerprint density at radius 3 is 2.75 bits per heavy atom. The highest BCUT2D eigenvalue weighted by atomic mass is 79.9. The van der Waals surface area contributed by atoms with Gasteiger partial charge in [-0.2, -0.15) is 0 Å². The number of aryl methyl sites for hydroxylation is 1. The highest BCUT2D eigenvalue weighted by Gasteiger charge is 2.19. The zero-order chi connectivity index (χ0) is 12.3. The van der Waals surface area contributed by atoms with E-state index in [-0.39, 0.29) is 18.0 Å². The maximum Gasteiger partial charge on any atom is 0.312 e. The van der Waals surface area contributed by atoms with Crippen LogP contribution in [-0.4, -0.2) is 22.7 Å². The van der Waals surface area contributed by atoms with Gasteiger partial charge in [0.1, 0.15) is 6.61 Å². The number of benzene rings is 1. The third kappa shape index (κ3) is 3.18. The summed E-state index contributed by atoms with van der Waals surface area (Å²) in [7, 11) is 0. The van der Waals surface area contributed by atoms with Gasteiger partial charge in [-0.05, 0) is 25.5 Å². The van der Waals surface area contributed by atoms with Crippen molar-refractivity contribution in [2.75, 3.05) is 6.61 Å². The minimum Gasteiger partial charge on any atom is -0.484 e. The van der Waals surface area contributed by atoms with E-state index in [1.54, 1.807) is 19.9 Å². The first kappa shape index (κ1) is 12.9. The summed E-state index contributed by atoms with van der Waals surface area (Å²) < 4.78 is 5.86. The van der Waals surface area contributed by atoms with Crippen molar-refractivity contribution in [3.05, 3.63) is 32.3 Å². The second-order valence-electron chi connectivity index (χ2n) is 3.49. The van der Waals surface area contributed by atoms with Crippen LogP contribution in [0.15, 0.2) is 16.6 Å². The topological polar surface area (TPSA) is 72.6 Å². The smallest absolute Gasteiger partial charge is 0.312 e. The van der Waals surface area contributed by atoms with Crippen LogP contribution in [0.25, 0.3) is 0 Å². The van der Waals surface area contributed by atoms with Crippen molar-refractivity contribution in [3.63, 3.8) is 0 Å². The van der Waals surface area contributed by atoms with Gasteiger partial charge in [0, 0.05) is 10.5 Å². The van der Waals surface area contributed by atoms with Crippen LogP contribution < -0.4 is 4.74 Å². The number of aliphatic hydroxyl groups is 1. The van der Waals surface area contributed by atoms with Crippen molar-refractivity contribution in [2.24, 2.45) is 0 Å². The first-order valence-electron chi connectivity index (χ1n) is 4.67. The van der Waals surface area contributed by atoms with E-state index in [0.717, 1.165) is 0 Å².